The largest absolute Gasteiger partial charge is 0.459 e. The van der Waals surface area contributed by atoms with Crippen molar-refractivity contribution in [2.75, 3.05) is 13.2 Å². The smallest absolute Gasteiger partial charge is 0.338 e. The number of benzene rings is 5. The highest BCUT2D eigenvalue weighted by Gasteiger charge is 2.54. The molecule has 0 bridgehead atoms. The van der Waals surface area contributed by atoms with E-state index in [1.165, 1.54) is 48.5 Å². The van der Waals surface area contributed by atoms with Crippen molar-refractivity contribution in [3.63, 3.8) is 0 Å². The van der Waals surface area contributed by atoms with E-state index in [4.69, 9.17) is 33.2 Å². The van der Waals surface area contributed by atoms with E-state index in [9.17, 15) is 34.5 Å². The fraction of sp³-hybridized carbons (Fsp3) is 0.261. The van der Waals surface area contributed by atoms with Crippen molar-refractivity contribution in [2.24, 2.45) is 0 Å². The van der Waals surface area contributed by atoms with Crippen LogP contribution in [0.1, 0.15) is 41.4 Å². The first kappa shape index (κ1) is 43.2. The zero-order valence-corrected chi connectivity index (χ0v) is 33.2. The first-order valence-corrected chi connectivity index (χ1v) is 20.2. The Bertz CT molecular complexity index is 2200. The van der Waals surface area contributed by atoms with E-state index < -0.39 is 97.6 Å². The molecule has 0 saturated carbocycles. The first-order chi connectivity index (χ1) is 29.7. The zero-order chi connectivity index (χ0) is 42.7. The molecule has 0 spiro atoms. The van der Waals surface area contributed by atoms with Crippen LogP contribution in [0.2, 0.25) is 0 Å². The molecule has 0 aromatic heterocycles. The van der Waals surface area contributed by atoms with Gasteiger partial charge in [0, 0.05) is 4.90 Å². The molecule has 7 rings (SSSR count). The van der Waals surface area contributed by atoms with Crippen molar-refractivity contribution in [1.82, 2.24) is 0 Å². The molecule has 0 amide bonds. The fourth-order valence-electron chi connectivity index (χ4n) is 6.64. The average molecular weight is 851 g/mol. The molecule has 2 fully saturated rings. The quantitative estimate of drug-likeness (QED) is 0.101. The summed E-state index contributed by atoms with van der Waals surface area (Å²) in [6.07, 6.45) is -14.2. The molecule has 61 heavy (non-hydrogen) atoms. The molecule has 0 radical (unpaired) electrons. The zero-order valence-electron chi connectivity index (χ0n) is 32.4. The summed E-state index contributed by atoms with van der Waals surface area (Å²) in [5.41, 5.74) is -0.514. The maximum absolute atomic E-state index is 13.9. The Morgan fingerprint density at radius 3 is 1.38 bits per heavy atom. The van der Waals surface area contributed by atoms with Crippen molar-refractivity contribution in [1.29, 1.82) is 0 Å². The van der Waals surface area contributed by atoms with Gasteiger partial charge in [0.25, 0.3) is 0 Å². The fourth-order valence-corrected chi connectivity index (χ4v) is 7.72. The molecule has 316 valence electrons. The van der Waals surface area contributed by atoms with E-state index >= 15 is 0 Å². The second-order valence-corrected chi connectivity index (χ2v) is 15.2. The number of rotatable bonds is 14. The number of aliphatic hydroxyl groups is 3. The Labute approximate surface area is 354 Å². The van der Waals surface area contributed by atoms with E-state index in [0.29, 0.717) is 4.90 Å². The van der Waals surface area contributed by atoms with Crippen molar-refractivity contribution in [3.8, 4) is 0 Å². The van der Waals surface area contributed by atoms with Crippen LogP contribution >= 0.6 is 11.8 Å². The molecule has 5 aromatic rings. The lowest BCUT2D eigenvalue weighted by atomic mass is 9.97. The van der Waals surface area contributed by atoms with Crippen LogP contribution < -0.4 is 0 Å². The highest BCUT2D eigenvalue weighted by atomic mass is 32.2. The van der Waals surface area contributed by atoms with Gasteiger partial charge in [-0.3, -0.25) is 0 Å². The van der Waals surface area contributed by atoms with Crippen LogP contribution in [0, 0.1) is 0 Å². The summed E-state index contributed by atoms with van der Waals surface area (Å²) in [5.74, 6) is -3.40. The molecule has 2 aliphatic rings. The number of thioether (sulfide) groups is 1. The number of hydrogen-bond donors (Lipinski definition) is 3. The van der Waals surface area contributed by atoms with Crippen LogP contribution in [0.4, 0.5) is 0 Å². The average Bonchev–Trinajstić information content (AvgIpc) is 3.31. The summed E-state index contributed by atoms with van der Waals surface area (Å²) >= 11 is 1.11. The van der Waals surface area contributed by atoms with E-state index in [-0.39, 0.29) is 22.3 Å². The molecule has 10 atom stereocenters. The van der Waals surface area contributed by atoms with Crippen LogP contribution in [-0.2, 0) is 33.2 Å². The minimum atomic E-state index is -1.69. The SMILES string of the molecule is O=C(OC[C@H]1O[C@H](OC[C@H]2O[C@@H](Sc3ccccc3)[C@H](O)[C@@H](O)[C@H]2O)[C@@H](OC(=O)c2ccccc2)[C@@H](OC(=O)c2ccccc2)[C@@H]1OC(=O)c1ccccc1)c1ccccc1. The van der Waals surface area contributed by atoms with Gasteiger partial charge in [-0.15, -0.1) is 0 Å². The van der Waals surface area contributed by atoms with Gasteiger partial charge in [-0.2, -0.15) is 0 Å². The first-order valence-electron chi connectivity index (χ1n) is 19.3. The maximum atomic E-state index is 13.9. The Balaban J connectivity index is 1.25. The van der Waals surface area contributed by atoms with Gasteiger partial charge in [0.1, 0.15) is 42.6 Å². The molecule has 14 nitrogen and oxygen atoms in total. The lowest BCUT2D eigenvalue weighted by molar-refractivity contribution is -0.309. The van der Waals surface area contributed by atoms with Gasteiger partial charge in [0.2, 0.25) is 0 Å². The van der Waals surface area contributed by atoms with Gasteiger partial charge in [0.05, 0.1) is 28.9 Å². The van der Waals surface area contributed by atoms with Crippen LogP contribution in [0.5, 0.6) is 0 Å². The summed E-state index contributed by atoms with van der Waals surface area (Å²) in [7, 11) is 0. The Morgan fingerprint density at radius 2 is 0.885 bits per heavy atom. The van der Waals surface area contributed by atoms with Crippen molar-refractivity contribution in [2.45, 2.75) is 65.5 Å². The third-order valence-electron chi connectivity index (χ3n) is 9.83. The minimum Gasteiger partial charge on any atom is -0.459 e. The third kappa shape index (κ3) is 10.9. The highest BCUT2D eigenvalue weighted by Crippen LogP contribution is 2.35. The molecular formula is C46H42O14S. The number of carbonyl (C=O) groups is 4. The van der Waals surface area contributed by atoms with Gasteiger partial charge >= 0.3 is 23.9 Å². The van der Waals surface area contributed by atoms with E-state index in [1.54, 1.807) is 97.1 Å². The van der Waals surface area contributed by atoms with Gasteiger partial charge in [-0.1, -0.05) is 103 Å². The standard InChI is InChI=1S/C46H42O14S/c47-35-33(57-46(37(49)36(35)48)61-32-24-14-5-15-25-32)26-55-45-40(60-44(53)31-22-12-4-13-23-31)39(59-43(52)30-20-10-3-11-21-30)38(58-42(51)29-18-8-2-9-19-29)34(56-45)27-54-41(50)28-16-6-1-7-17-28/h1-25,33-40,45-49H,26-27H2/t33-,34-,35+,36+,37-,38-,39+,40+,45+,46+/m1/s1. The minimum absolute atomic E-state index is 0.105. The Morgan fingerprint density at radius 1 is 0.459 bits per heavy atom. The van der Waals surface area contributed by atoms with Crippen LogP contribution in [0.3, 0.4) is 0 Å². The molecule has 15 heteroatoms. The molecule has 2 aliphatic heterocycles. The van der Waals surface area contributed by atoms with Crippen LogP contribution in [0.25, 0.3) is 0 Å². The molecule has 3 N–H and O–H groups in total. The predicted octanol–water partition coefficient (Wildman–Crippen LogP) is 4.86. The number of esters is 4. The lowest BCUT2D eigenvalue weighted by Crippen LogP contribution is -2.64. The van der Waals surface area contributed by atoms with Gasteiger partial charge in [0.15, 0.2) is 24.6 Å². The monoisotopic (exact) mass is 850 g/mol. The summed E-state index contributed by atoms with van der Waals surface area (Å²) in [5, 5.41) is 32.9. The number of hydrogen-bond acceptors (Lipinski definition) is 15. The summed E-state index contributed by atoms with van der Waals surface area (Å²) in [4.78, 5) is 55.5. The van der Waals surface area contributed by atoms with Gasteiger partial charge < -0.3 is 48.5 Å². The second-order valence-electron chi connectivity index (χ2n) is 14.0. The number of aliphatic hydroxyl groups excluding tert-OH is 3. The molecule has 2 saturated heterocycles. The molecule has 5 aromatic carbocycles. The normalized spacial score (nSPS) is 26.0. The third-order valence-corrected chi connectivity index (χ3v) is 11.0. The summed E-state index contributed by atoms with van der Waals surface area (Å²) < 4.78 is 42.6. The summed E-state index contributed by atoms with van der Waals surface area (Å²) in [6, 6.07) is 40.8. The number of carbonyl (C=O) groups excluding carboxylic acids is 4. The lowest BCUT2D eigenvalue weighted by Gasteiger charge is -2.45. The van der Waals surface area contributed by atoms with Gasteiger partial charge in [-0.05, 0) is 60.7 Å². The van der Waals surface area contributed by atoms with Gasteiger partial charge in [-0.25, -0.2) is 19.2 Å². The van der Waals surface area contributed by atoms with E-state index in [0.717, 1.165) is 11.8 Å². The number of ether oxygens (including phenoxy) is 7. The van der Waals surface area contributed by atoms with Crippen molar-refractivity contribution >= 4 is 35.6 Å². The predicted molar refractivity (Wildman–Crippen MR) is 217 cm³/mol. The van der Waals surface area contributed by atoms with Crippen LogP contribution in [-0.4, -0.2) is 113 Å². The second kappa shape index (κ2) is 20.6. The Hall–Kier alpha value is -5.91. The van der Waals surface area contributed by atoms with Crippen molar-refractivity contribution < 1.29 is 67.7 Å². The molecule has 2 heterocycles. The topological polar surface area (TPSA) is 194 Å². The molecule has 0 aliphatic carbocycles. The van der Waals surface area contributed by atoms with Crippen LogP contribution in [0.15, 0.2) is 157 Å². The molecular weight excluding hydrogens is 809 g/mol. The highest BCUT2D eigenvalue weighted by molar-refractivity contribution is 7.99. The Kier molecular flexibility index (Phi) is 14.6. The maximum Gasteiger partial charge on any atom is 0.338 e. The van der Waals surface area contributed by atoms with E-state index in [2.05, 4.69) is 0 Å². The van der Waals surface area contributed by atoms with E-state index in [1.807, 2.05) is 6.07 Å². The van der Waals surface area contributed by atoms with Crippen molar-refractivity contribution in [3.05, 3.63) is 174 Å². The summed E-state index contributed by atoms with van der Waals surface area (Å²) in [6.45, 7) is -1.12. The molecule has 0 unspecified atom stereocenters.